The van der Waals surface area contributed by atoms with E-state index >= 15 is 0 Å². The van der Waals surface area contributed by atoms with Crippen molar-refractivity contribution >= 4 is 8.05 Å². The lowest BCUT2D eigenvalue weighted by Crippen LogP contribution is -2.44. The van der Waals surface area contributed by atoms with Crippen LogP contribution < -0.4 is 0 Å². The number of hydrogen-bond acceptors (Lipinski definition) is 3. The molecule has 0 amide bonds. The van der Waals surface area contributed by atoms with Crippen molar-refractivity contribution in [3.8, 4) is 0 Å². The van der Waals surface area contributed by atoms with Crippen molar-refractivity contribution in [3.05, 3.63) is 0 Å². The molecule has 0 unspecified atom stereocenters. The normalized spacial score (nSPS) is 11.9. The number of unbranched alkanes of at least 4 members (excludes halogenated alkanes) is 2. The van der Waals surface area contributed by atoms with Gasteiger partial charge in [-0.15, -0.1) is 0 Å². The first-order valence-electron chi connectivity index (χ1n) is 5.43. The van der Waals surface area contributed by atoms with Crippen molar-refractivity contribution in [2.75, 3.05) is 6.61 Å². The fourth-order valence-corrected chi connectivity index (χ4v) is 0.435. The summed E-state index contributed by atoms with van der Waals surface area (Å²) in [6.45, 7) is 9.16. The molecule has 0 saturated heterocycles. The van der Waals surface area contributed by atoms with Gasteiger partial charge < -0.3 is 14.9 Å². The van der Waals surface area contributed by atoms with Crippen LogP contribution in [0.25, 0.3) is 0 Å². The molecule has 0 rings (SSSR count). The highest BCUT2D eigenvalue weighted by Gasteiger charge is 2.31. The lowest BCUT2D eigenvalue weighted by Gasteiger charge is -2.31. The summed E-state index contributed by atoms with van der Waals surface area (Å²) in [5.41, 5.74) is -2.01. The molecule has 2 radical (unpaired) electrons. The van der Waals surface area contributed by atoms with E-state index in [9.17, 15) is 0 Å². The maximum absolute atomic E-state index is 9.10. The second-order valence-electron chi connectivity index (χ2n) is 4.70. The molecule has 0 aromatic carbocycles. The Bertz CT molecular complexity index is 120. The molecule has 0 aliphatic rings. The summed E-state index contributed by atoms with van der Waals surface area (Å²) in [5, 5.41) is 18.2. The smallest absolute Gasteiger partial charge is 0.282 e. The lowest BCUT2D eigenvalue weighted by atomic mass is 9.90. The van der Waals surface area contributed by atoms with Crippen LogP contribution in [0.5, 0.6) is 0 Å². The predicted molar refractivity (Wildman–Crippen MR) is 63.8 cm³/mol. The number of rotatable bonds is 5. The van der Waals surface area contributed by atoms with Crippen LogP contribution in [0.3, 0.4) is 0 Å². The van der Waals surface area contributed by atoms with Gasteiger partial charge in [0.05, 0.1) is 11.2 Å². The second kappa shape index (κ2) is 8.14. The van der Waals surface area contributed by atoms with E-state index < -0.39 is 11.2 Å². The van der Waals surface area contributed by atoms with Crippen molar-refractivity contribution in [2.45, 2.75) is 65.1 Å². The third-order valence-corrected chi connectivity index (χ3v) is 2.36. The summed E-state index contributed by atoms with van der Waals surface area (Å²) < 4.78 is 4.34. The Balaban J connectivity index is 0. The summed E-state index contributed by atoms with van der Waals surface area (Å²) in [7, 11) is 4.77. The van der Waals surface area contributed by atoms with Crippen LogP contribution in [0, 0.1) is 0 Å². The summed E-state index contributed by atoms with van der Waals surface area (Å²) >= 11 is 0. The van der Waals surface area contributed by atoms with Crippen molar-refractivity contribution in [1.29, 1.82) is 0 Å². The largest absolute Gasteiger partial charge is 0.448 e. The van der Waals surface area contributed by atoms with Gasteiger partial charge in [0.1, 0.15) is 0 Å². The van der Waals surface area contributed by atoms with Crippen LogP contribution >= 0.6 is 0 Å². The molecule has 0 aromatic rings. The minimum atomic E-state index is -1.01. The highest BCUT2D eigenvalue weighted by molar-refractivity contribution is 5.97. The molecule has 4 heteroatoms. The Labute approximate surface area is 95.3 Å². The second-order valence-corrected chi connectivity index (χ2v) is 4.70. The van der Waals surface area contributed by atoms with Crippen LogP contribution in [0.15, 0.2) is 0 Å². The van der Waals surface area contributed by atoms with Crippen LogP contribution in [0.4, 0.5) is 0 Å². The Hall–Kier alpha value is -0.0551. The zero-order valence-corrected chi connectivity index (χ0v) is 10.7. The molecule has 0 heterocycles. The Morgan fingerprint density at radius 2 is 1.40 bits per heavy atom. The molecule has 15 heavy (non-hydrogen) atoms. The summed E-state index contributed by atoms with van der Waals surface area (Å²) in [6.07, 6.45) is 3.54. The number of hydrogen-bond donors (Lipinski definition) is 2. The molecule has 0 aliphatic carbocycles. The lowest BCUT2D eigenvalue weighted by molar-refractivity contribution is -0.107. The van der Waals surface area contributed by atoms with Gasteiger partial charge in [-0.05, 0) is 34.1 Å². The predicted octanol–water partition coefficient (Wildman–Crippen LogP) is 1.80. The third kappa shape index (κ3) is 11.9. The Kier molecular flexibility index (Phi) is 9.41. The van der Waals surface area contributed by atoms with Gasteiger partial charge in [-0.3, -0.25) is 0 Å². The molecular formula is C11H25BO3. The molecule has 2 N–H and O–H groups in total. The van der Waals surface area contributed by atoms with E-state index in [0.717, 1.165) is 6.42 Å². The minimum Gasteiger partial charge on any atom is -0.448 e. The van der Waals surface area contributed by atoms with Crippen LogP contribution in [0.1, 0.15) is 53.9 Å². The highest BCUT2D eigenvalue weighted by Crippen LogP contribution is 2.19. The maximum Gasteiger partial charge on any atom is 0.282 e. The molecular weight excluding hydrogens is 191 g/mol. The summed E-state index contributed by atoms with van der Waals surface area (Å²) in [6, 6.07) is 0. The summed E-state index contributed by atoms with van der Waals surface area (Å²) in [4.78, 5) is 0. The van der Waals surface area contributed by atoms with Crippen LogP contribution in [0.2, 0.25) is 0 Å². The van der Waals surface area contributed by atoms with E-state index in [0.29, 0.717) is 6.61 Å². The van der Waals surface area contributed by atoms with Gasteiger partial charge in [-0.1, -0.05) is 19.8 Å². The fraction of sp³-hybridized carbons (Fsp3) is 1.00. The highest BCUT2D eigenvalue weighted by atomic mass is 16.4. The van der Waals surface area contributed by atoms with Gasteiger partial charge in [0, 0.05) is 6.61 Å². The Morgan fingerprint density at radius 3 is 1.60 bits per heavy atom. The molecule has 90 valence electrons. The molecule has 0 atom stereocenters. The van der Waals surface area contributed by atoms with Crippen LogP contribution in [-0.2, 0) is 4.65 Å². The standard InChI is InChI=1S/C6H14O2.C5H11BO/c1-5(2,7)6(3,4)8;1-2-3-4-5-7-6/h7-8H,1-4H3;2-5H2,1H3. The molecule has 0 spiro atoms. The first kappa shape index (κ1) is 17.3. The molecule has 3 nitrogen and oxygen atoms in total. The minimum absolute atomic E-state index is 0.702. The van der Waals surface area contributed by atoms with Crippen molar-refractivity contribution < 1.29 is 14.9 Å². The SMILES string of the molecule is CC(C)(O)C(C)(C)O.[B]OCCCCC. The van der Waals surface area contributed by atoms with E-state index in [1.165, 1.54) is 12.8 Å². The van der Waals surface area contributed by atoms with Crippen molar-refractivity contribution in [1.82, 2.24) is 0 Å². The molecule has 0 aromatic heterocycles. The quantitative estimate of drug-likeness (QED) is 0.544. The average molecular weight is 216 g/mol. The zero-order valence-electron chi connectivity index (χ0n) is 10.7. The van der Waals surface area contributed by atoms with Crippen LogP contribution in [-0.4, -0.2) is 36.1 Å². The topological polar surface area (TPSA) is 49.7 Å². The van der Waals surface area contributed by atoms with E-state index in [4.69, 9.17) is 18.3 Å². The van der Waals surface area contributed by atoms with Crippen molar-refractivity contribution in [2.24, 2.45) is 0 Å². The molecule has 0 fully saturated rings. The molecule has 0 saturated carbocycles. The van der Waals surface area contributed by atoms with Gasteiger partial charge in [-0.25, -0.2) is 0 Å². The van der Waals surface area contributed by atoms with Gasteiger partial charge in [-0.2, -0.15) is 0 Å². The van der Waals surface area contributed by atoms with E-state index in [-0.39, 0.29) is 0 Å². The first-order valence-corrected chi connectivity index (χ1v) is 5.43. The third-order valence-electron chi connectivity index (χ3n) is 2.36. The van der Waals surface area contributed by atoms with E-state index in [1.807, 2.05) is 0 Å². The summed E-state index contributed by atoms with van der Waals surface area (Å²) in [5.74, 6) is 0. The van der Waals surface area contributed by atoms with Gasteiger partial charge in [0.2, 0.25) is 0 Å². The van der Waals surface area contributed by atoms with E-state index in [2.05, 4.69) is 11.6 Å². The monoisotopic (exact) mass is 216 g/mol. The average Bonchev–Trinajstić information content (AvgIpc) is 2.03. The molecule has 0 aliphatic heterocycles. The van der Waals surface area contributed by atoms with Crippen molar-refractivity contribution in [3.63, 3.8) is 0 Å². The number of aliphatic hydroxyl groups is 2. The first-order chi connectivity index (χ1) is 6.66. The Morgan fingerprint density at radius 1 is 1.00 bits per heavy atom. The van der Waals surface area contributed by atoms with E-state index in [1.54, 1.807) is 27.7 Å². The zero-order chi connectivity index (χ0) is 12.5. The van der Waals surface area contributed by atoms with Gasteiger partial charge in [0.25, 0.3) is 8.05 Å². The van der Waals surface area contributed by atoms with Gasteiger partial charge >= 0.3 is 0 Å². The molecule has 0 bridgehead atoms. The van der Waals surface area contributed by atoms with Gasteiger partial charge in [0.15, 0.2) is 0 Å². The maximum atomic E-state index is 9.10. The fourth-order valence-electron chi connectivity index (χ4n) is 0.435.